The van der Waals surface area contributed by atoms with Crippen LogP contribution in [0.25, 0.3) is 21.8 Å². The number of amides is 2. The van der Waals surface area contributed by atoms with Crippen molar-refractivity contribution in [3.63, 3.8) is 0 Å². The summed E-state index contributed by atoms with van der Waals surface area (Å²) in [7, 11) is 9.68. The summed E-state index contributed by atoms with van der Waals surface area (Å²) in [5, 5.41) is 3.39. The molecule has 2 aromatic heterocycles. The van der Waals surface area contributed by atoms with E-state index >= 15 is 0 Å². The summed E-state index contributed by atoms with van der Waals surface area (Å²) >= 11 is 0. The van der Waals surface area contributed by atoms with Crippen molar-refractivity contribution in [1.82, 2.24) is 20.8 Å². The summed E-state index contributed by atoms with van der Waals surface area (Å²) < 4.78 is 63.1. The lowest BCUT2D eigenvalue weighted by molar-refractivity contribution is -0.148. The molecule has 2 amide bonds. The van der Waals surface area contributed by atoms with E-state index in [2.05, 4.69) is 49.8 Å². The topological polar surface area (TPSA) is 437 Å². The summed E-state index contributed by atoms with van der Waals surface area (Å²) in [6.07, 6.45) is 3.46. The molecular formula is C63H74N8O24. The summed E-state index contributed by atoms with van der Waals surface area (Å²) in [5.74, 6) is 0.596. The zero-order chi connectivity index (χ0) is 70.9. The van der Waals surface area contributed by atoms with E-state index in [9.17, 15) is 52.7 Å². The van der Waals surface area contributed by atoms with Gasteiger partial charge in [0.15, 0.2) is 11.1 Å². The minimum atomic E-state index is -0.823. The number of fused-ring (bicyclic) bond motifs is 1. The number of H-pyrrole nitrogens is 1. The molecule has 1 aliphatic heterocycles. The Labute approximate surface area is 543 Å². The van der Waals surface area contributed by atoms with Crippen LogP contribution in [0.5, 0.6) is 23.0 Å². The van der Waals surface area contributed by atoms with Gasteiger partial charge in [0.05, 0.1) is 140 Å². The van der Waals surface area contributed by atoms with Crippen LogP contribution in [-0.4, -0.2) is 159 Å². The quantitative estimate of drug-likeness (QED) is 0.00426. The van der Waals surface area contributed by atoms with E-state index in [1.54, 1.807) is 71.9 Å². The van der Waals surface area contributed by atoms with Crippen LogP contribution in [0.1, 0.15) is 104 Å². The maximum atomic E-state index is 12.6. The van der Waals surface area contributed by atoms with E-state index in [0.717, 1.165) is 12.5 Å². The summed E-state index contributed by atoms with van der Waals surface area (Å²) in [4.78, 5) is 136. The number of aromatic amines is 1. The summed E-state index contributed by atoms with van der Waals surface area (Å²) in [6.45, 7) is 11.0. The number of esters is 8. The van der Waals surface area contributed by atoms with Crippen molar-refractivity contribution in [2.24, 2.45) is 5.84 Å². The molecule has 0 spiro atoms. The second-order valence-corrected chi connectivity index (χ2v) is 17.9. The Kier molecular flexibility index (Phi) is 32.0. The second kappa shape index (κ2) is 39.3. The van der Waals surface area contributed by atoms with E-state index in [1.165, 1.54) is 92.4 Å². The highest BCUT2D eigenvalue weighted by Gasteiger charge is 2.26. The minimum absolute atomic E-state index is 0.0248. The predicted molar refractivity (Wildman–Crippen MR) is 340 cm³/mol. The molecule has 95 heavy (non-hydrogen) atoms. The van der Waals surface area contributed by atoms with Crippen LogP contribution in [0, 0.1) is 0 Å². The molecule has 32 nitrogen and oxygen atoms in total. The zero-order valence-electron chi connectivity index (χ0n) is 54.2. The second-order valence-electron chi connectivity index (χ2n) is 17.9. The Morgan fingerprint density at radius 2 is 1.03 bits per heavy atom. The highest BCUT2D eigenvalue weighted by atomic mass is 16.6. The highest BCUT2D eigenvalue weighted by molar-refractivity contribution is 6.17. The van der Waals surface area contributed by atoms with Crippen LogP contribution in [0.3, 0.4) is 0 Å². The molecule has 0 unspecified atom stereocenters. The number of hydrogen-bond acceptors (Lipinski definition) is 29. The van der Waals surface area contributed by atoms with E-state index in [0.29, 0.717) is 74.2 Å². The minimum Gasteiger partial charge on any atom is -0.500 e. The Bertz CT molecular complexity index is 3840. The smallest absolute Gasteiger partial charge is 0.348 e. The first kappa shape index (κ1) is 77.3. The van der Waals surface area contributed by atoms with Gasteiger partial charge in [-0.1, -0.05) is 0 Å². The molecular weight excluding hydrogens is 1250 g/mol. The fourth-order valence-electron chi connectivity index (χ4n) is 7.85. The SMILES string of the molecule is CCOC(=O)C(=CNc1cc(C(=O)OC)ccc1OC)C(=O)OCC.CCOC(=O)c1c[nH]c2c(OC)ccc(C(=O)OC)c2c1=O.CCOC=C(C(=O)OCC)C(=O)OCC.COC(=O)c1ccc(OC)c(N)c1.COc1ccc2c3c(cc(C(=O)NN)nc13)NNC2=O. The van der Waals surface area contributed by atoms with Gasteiger partial charge in [-0.25, -0.2) is 49.2 Å². The molecule has 510 valence electrons. The average molecular weight is 1330 g/mol. The molecule has 0 radical (unpaired) electrons. The maximum Gasteiger partial charge on any atom is 0.348 e. The van der Waals surface area contributed by atoms with Crippen LogP contribution < -0.4 is 57.5 Å². The Morgan fingerprint density at radius 1 is 0.526 bits per heavy atom. The van der Waals surface area contributed by atoms with Gasteiger partial charge in [-0.05, 0) is 108 Å². The molecule has 32 heteroatoms. The molecule has 0 saturated heterocycles. The molecule has 0 atom stereocenters. The molecule has 0 fully saturated rings. The predicted octanol–water partition coefficient (Wildman–Crippen LogP) is 5.42. The number of ether oxygens (including phenoxy) is 13. The van der Waals surface area contributed by atoms with Crippen LogP contribution in [-0.2, 0) is 61.8 Å². The van der Waals surface area contributed by atoms with Crippen molar-refractivity contribution in [2.75, 3.05) is 106 Å². The van der Waals surface area contributed by atoms with Gasteiger partial charge >= 0.3 is 47.8 Å². The number of aromatic nitrogens is 2. The molecule has 6 aromatic rings. The monoisotopic (exact) mass is 1330 g/mol. The van der Waals surface area contributed by atoms with Gasteiger partial charge in [0.1, 0.15) is 46.0 Å². The number of methoxy groups -OCH3 is 7. The van der Waals surface area contributed by atoms with E-state index in [4.69, 9.17) is 49.5 Å². The molecule has 0 aliphatic carbocycles. The molecule has 9 N–H and O–H groups in total. The average Bonchev–Trinajstić information content (AvgIpc) is 0.766. The first-order chi connectivity index (χ1) is 45.5. The van der Waals surface area contributed by atoms with Crippen LogP contribution in [0.4, 0.5) is 17.1 Å². The van der Waals surface area contributed by atoms with Crippen LogP contribution >= 0.6 is 0 Å². The first-order valence-electron chi connectivity index (χ1n) is 28.4. The Hall–Kier alpha value is -12.0. The number of hydrazine groups is 2. The lowest BCUT2D eigenvalue weighted by atomic mass is 10.0. The van der Waals surface area contributed by atoms with Gasteiger partial charge < -0.3 is 77.6 Å². The molecule has 0 saturated carbocycles. The number of anilines is 3. The lowest BCUT2D eigenvalue weighted by Crippen LogP contribution is -2.34. The lowest BCUT2D eigenvalue weighted by Gasteiger charge is -2.20. The fourth-order valence-corrected chi connectivity index (χ4v) is 7.85. The number of pyridine rings is 2. The molecule has 1 aliphatic rings. The number of nitrogen functional groups attached to an aromatic ring is 2. The van der Waals surface area contributed by atoms with E-state index < -0.39 is 59.1 Å². The number of rotatable bonds is 22. The number of nitrogens with two attached hydrogens (primary N) is 2. The van der Waals surface area contributed by atoms with E-state index in [-0.39, 0.29) is 77.9 Å². The summed E-state index contributed by atoms with van der Waals surface area (Å²) in [5.41, 5.74) is 14.9. The van der Waals surface area contributed by atoms with Gasteiger partial charge in [0, 0.05) is 17.8 Å². The van der Waals surface area contributed by atoms with Gasteiger partial charge in [-0.2, -0.15) is 0 Å². The number of carbonyl (C=O) groups is 10. The number of benzene rings is 4. The normalized spacial score (nSPS) is 10.3. The third-order valence-corrected chi connectivity index (χ3v) is 12.2. The fraction of sp³-hybridized carbons (Fsp3) is 0.302. The van der Waals surface area contributed by atoms with Crippen molar-refractivity contribution in [3.05, 3.63) is 140 Å². The van der Waals surface area contributed by atoms with Gasteiger partial charge in [0.25, 0.3) is 11.8 Å². The Balaban J connectivity index is 0.000000315. The molecule has 0 bridgehead atoms. The van der Waals surface area contributed by atoms with Crippen molar-refractivity contribution in [3.8, 4) is 23.0 Å². The van der Waals surface area contributed by atoms with Crippen LogP contribution in [0.15, 0.2) is 101 Å². The largest absolute Gasteiger partial charge is 0.500 e. The van der Waals surface area contributed by atoms with Crippen molar-refractivity contribution < 1.29 is 110 Å². The number of nitrogens with one attached hydrogen (secondary N) is 5. The molecule has 4 aromatic carbocycles. The number of carbonyl (C=O) groups excluding carboxylic acids is 10. The third kappa shape index (κ3) is 21.0. The standard InChI is InChI=1S/C17H21NO7.C15H15NO6.C12H11N5O3.C10H16O5.C9H11NO3/c1-5-24-16(20)12(17(21)25-6-2)10-18-13-9-11(15(19)23-4)7-8-14(13)22-3;1-4-22-15(19)9-7-16-12-10(20-2)6-5-8(14(18)21-3)11(12)13(9)17;1-20-8-3-2-5-9-6(16-17-11(5)18)4-7(12(19)15-13)14-10(8)9;1-4-13-7-8(9(11)14-5-2)10(12)15-6-3;1-12-8-4-3-6(5-7(8)10)9(11)13-2/h7-10,18H,5-6H2,1-4H3;5-7H,4H2,1-3H3,(H,16,17);2-4,16H,13H2,1H3,(H,15,19)(H,17,18);7H,4-6H2,1-3H3;3-5H,10H2,1-2H3. The van der Waals surface area contributed by atoms with Gasteiger partial charge in [0.2, 0.25) is 5.43 Å². The van der Waals surface area contributed by atoms with Gasteiger partial charge in [-0.3, -0.25) is 30.7 Å². The maximum absolute atomic E-state index is 12.6. The van der Waals surface area contributed by atoms with Crippen molar-refractivity contribution in [2.45, 2.75) is 41.5 Å². The third-order valence-electron chi connectivity index (χ3n) is 12.2. The van der Waals surface area contributed by atoms with Gasteiger partial charge in [-0.15, -0.1) is 0 Å². The van der Waals surface area contributed by atoms with Crippen LogP contribution in [0.2, 0.25) is 0 Å². The molecule has 3 heterocycles. The first-order valence-corrected chi connectivity index (χ1v) is 28.4. The van der Waals surface area contributed by atoms with Crippen molar-refractivity contribution in [1.29, 1.82) is 0 Å². The molecule has 7 rings (SSSR count). The Morgan fingerprint density at radius 3 is 1.53 bits per heavy atom. The van der Waals surface area contributed by atoms with Crippen molar-refractivity contribution >= 4 is 98.4 Å². The number of nitrogens with zero attached hydrogens (tertiary/aromatic N) is 1. The summed E-state index contributed by atoms with van der Waals surface area (Å²) in [6, 6.07) is 17.0. The van der Waals surface area contributed by atoms with E-state index in [1.807, 2.05) is 5.43 Å². The zero-order valence-corrected chi connectivity index (χ0v) is 54.2. The number of hydrogen-bond donors (Lipinski definition) is 7. The highest BCUT2D eigenvalue weighted by Crippen LogP contribution is 2.35.